The van der Waals surface area contributed by atoms with Crippen molar-refractivity contribution in [2.75, 3.05) is 18.0 Å². The van der Waals surface area contributed by atoms with Crippen LogP contribution in [0, 0.1) is 0 Å². The van der Waals surface area contributed by atoms with Crippen molar-refractivity contribution in [2.45, 2.75) is 18.8 Å². The van der Waals surface area contributed by atoms with Crippen molar-refractivity contribution in [1.29, 1.82) is 0 Å². The molecule has 1 N–H and O–H groups in total. The summed E-state index contributed by atoms with van der Waals surface area (Å²) in [6.45, 7) is 2.04. The topological polar surface area (TPSA) is 57.7 Å². The quantitative estimate of drug-likeness (QED) is 0.783. The molecule has 0 bridgehead atoms. The van der Waals surface area contributed by atoms with Crippen molar-refractivity contribution in [3.05, 3.63) is 48.5 Å². The Morgan fingerprint density at radius 2 is 1.90 bits per heavy atom. The number of piperidine rings is 1. The smallest absolute Gasteiger partial charge is 0.139 e. The van der Waals surface area contributed by atoms with Crippen LogP contribution in [0.15, 0.2) is 42.9 Å². The van der Waals surface area contributed by atoms with E-state index in [2.05, 4.69) is 37.2 Å². The Morgan fingerprint density at radius 1 is 1.05 bits per heavy atom. The summed E-state index contributed by atoms with van der Waals surface area (Å²) in [6.07, 6.45) is 5.75. The number of aromatic nitrogens is 4. The summed E-state index contributed by atoms with van der Waals surface area (Å²) >= 11 is 0. The molecule has 1 aromatic carbocycles. The largest absolute Gasteiger partial charge is 0.356 e. The van der Waals surface area contributed by atoms with Gasteiger partial charge in [0, 0.05) is 36.3 Å². The van der Waals surface area contributed by atoms with Crippen molar-refractivity contribution in [2.24, 2.45) is 0 Å². The summed E-state index contributed by atoms with van der Waals surface area (Å²) in [5.74, 6) is 1.64. The number of hydrogen-bond donors (Lipinski definition) is 1. The molecule has 0 amide bonds. The highest BCUT2D eigenvalue weighted by atomic mass is 15.2. The lowest BCUT2D eigenvalue weighted by atomic mass is 9.93. The van der Waals surface area contributed by atoms with Crippen LogP contribution in [0.3, 0.4) is 0 Å². The minimum atomic E-state index is 0.580. The van der Waals surface area contributed by atoms with Gasteiger partial charge in [0.1, 0.15) is 12.1 Å². The zero-order valence-corrected chi connectivity index (χ0v) is 11.7. The van der Waals surface area contributed by atoms with Crippen molar-refractivity contribution in [3.8, 4) is 0 Å². The number of para-hydroxylation sites is 1. The second-order valence-corrected chi connectivity index (χ2v) is 5.49. The van der Waals surface area contributed by atoms with Crippen molar-refractivity contribution in [1.82, 2.24) is 20.2 Å². The predicted molar refractivity (Wildman–Crippen MR) is 82.3 cm³/mol. The summed E-state index contributed by atoms with van der Waals surface area (Å²) in [4.78, 5) is 11.2. The first kappa shape index (κ1) is 12.3. The molecule has 2 aromatic heterocycles. The summed E-state index contributed by atoms with van der Waals surface area (Å²) in [7, 11) is 0. The second kappa shape index (κ2) is 5.16. The van der Waals surface area contributed by atoms with Gasteiger partial charge in [-0.2, -0.15) is 5.10 Å². The molecule has 0 aliphatic carbocycles. The van der Waals surface area contributed by atoms with Gasteiger partial charge in [0.15, 0.2) is 0 Å². The van der Waals surface area contributed by atoms with Crippen LogP contribution in [0.25, 0.3) is 10.9 Å². The zero-order chi connectivity index (χ0) is 14.1. The Kier molecular flexibility index (Phi) is 3.03. The molecular formula is C16H17N5. The molecule has 3 heterocycles. The third-order valence-electron chi connectivity index (χ3n) is 4.28. The van der Waals surface area contributed by atoms with Crippen molar-refractivity contribution >= 4 is 16.7 Å². The van der Waals surface area contributed by atoms with Crippen molar-refractivity contribution < 1.29 is 0 Å². The lowest BCUT2D eigenvalue weighted by Gasteiger charge is -2.32. The van der Waals surface area contributed by atoms with E-state index in [-0.39, 0.29) is 0 Å². The normalized spacial score (nSPS) is 16.5. The van der Waals surface area contributed by atoms with Gasteiger partial charge in [-0.25, -0.2) is 9.97 Å². The number of benzene rings is 1. The molecule has 5 heteroatoms. The van der Waals surface area contributed by atoms with Crippen LogP contribution in [-0.2, 0) is 0 Å². The monoisotopic (exact) mass is 279 g/mol. The third-order valence-corrected chi connectivity index (χ3v) is 4.28. The molecule has 4 rings (SSSR count). The summed E-state index contributed by atoms with van der Waals surface area (Å²) < 4.78 is 0. The molecule has 1 aliphatic rings. The lowest BCUT2D eigenvalue weighted by molar-refractivity contribution is 0.494. The van der Waals surface area contributed by atoms with Crippen LogP contribution in [-0.4, -0.2) is 33.3 Å². The van der Waals surface area contributed by atoms with Crippen LogP contribution in [0.4, 0.5) is 5.82 Å². The number of fused-ring (bicyclic) bond motifs is 1. The number of rotatable bonds is 2. The number of hydrogen-bond acceptors (Lipinski definition) is 4. The van der Waals surface area contributed by atoms with Gasteiger partial charge in [0.2, 0.25) is 0 Å². The highest BCUT2D eigenvalue weighted by molar-refractivity contribution is 5.89. The maximum Gasteiger partial charge on any atom is 0.139 e. The van der Waals surface area contributed by atoms with Crippen molar-refractivity contribution in [3.63, 3.8) is 0 Å². The fourth-order valence-corrected chi connectivity index (χ4v) is 3.14. The fourth-order valence-electron chi connectivity index (χ4n) is 3.14. The number of nitrogens with zero attached hydrogens (tertiary/aromatic N) is 4. The summed E-state index contributed by atoms with van der Waals surface area (Å²) in [5, 5.41) is 8.29. The first-order valence-corrected chi connectivity index (χ1v) is 7.36. The number of H-pyrrole nitrogens is 1. The first-order valence-electron chi connectivity index (χ1n) is 7.36. The molecule has 5 nitrogen and oxygen atoms in total. The Morgan fingerprint density at radius 3 is 2.71 bits per heavy atom. The van der Waals surface area contributed by atoms with Crippen LogP contribution in [0.5, 0.6) is 0 Å². The molecule has 106 valence electrons. The average molecular weight is 279 g/mol. The Hall–Kier alpha value is -2.43. The molecule has 3 aromatic rings. The van der Waals surface area contributed by atoms with E-state index in [1.165, 1.54) is 5.69 Å². The molecule has 0 unspecified atom stereocenters. The van der Waals surface area contributed by atoms with E-state index in [0.29, 0.717) is 5.92 Å². The van der Waals surface area contributed by atoms with Gasteiger partial charge < -0.3 is 4.90 Å². The number of nitrogens with one attached hydrogen (secondary N) is 1. The van der Waals surface area contributed by atoms with Gasteiger partial charge in [-0.3, -0.25) is 5.10 Å². The molecule has 0 saturated carbocycles. The Labute approximate surface area is 123 Å². The maximum absolute atomic E-state index is 4.51. The molecule has 1 saturated heterocycles. The molecular weight excluding hydrogens is 262 g/mol. The summed E-state index contributed by atoms with van der Waals surface area (Å²) in [5.41, 5.74) is 2.26. The highest BCUT2D eigenvalue weighted by Crippen LogP contribution is 2.31. The maximum atomic E-state index is 4.51. The molecule has 21 heavy (non-hydrogen) atoms. The molecule has 0 atom stereocenters. The minimum absolute atomic E-state index is 0.580. The van der Waals surface area contributed by atoms with E-state index in [1.54, 1.807) is 6.33 Å². The summed E-state index contributed by atoms with van der Waals surface area (Å²) in [6, 6.07) is 10.3. The average Bonchev–Trinajstić information content (AvgIpc) is 3.09. The Balaban J connectivity index is 1.58. The van der Waals surface area contributed by atoms with E-state index in [0.717, 1.165) is 42.7 Å². The van der Waals surface area contributed by atoms with E-state index in [4.69, 9.17) is 0 Å². The van der Waals surface area contributed by atoms with Gasteiger partial charge in [-0.05, 0) is 31.0 Å². The lowest BCUT2D eigenvalue weighted by Crippen LogP contribution is -2.33. The molecule has 1 aliphatic heterocycles. The minimum Gasteiger partial charge on any atom is -0.356 e. The number of aromatic amines is 1. The molecule has 0 spiro atoms. The highest BCUT2D eigenvalue weighted by Gasteiger charge is 2.23. The van der Waals surface area contributed by atoms with Gasteiger partial charge in [-0.15, -0.1) is 0 Å². The van der Waals surface area contributed by atoms with E-state index in [9.17, 15) is 0 Å². The van der Waals surface area contributed by atoms with Crippen LogP contribution >= 0.6 is 0 Å². The standard InChI is InChI=1S/C16H17N5/c1-2-4-15-13(3-1)16(18-11-17-15)21-9-6-12(7-10-21)14-5-8-19-20-14/h1-5,8,11-12H,6-7,9-10H2,(H,19,20). The first-order chi connectivity index (χ1) is 10.4. The third kappa shape index (κ3) is 2.24. The second-order valence-electron chi connectivity index (χ2n) is 5.49. The molecule has 1 fully saturated rings. The molecule has 0 radical (unpaired) electrons. The SMILES string of the molecule is c1ccc2c(N3CCC(c4ccn[nH]4)CC3)ncnc2c1. The van der Waals surface area contributed by atoms with Crippen LogP contribution in [0.1, 0.15) is 24.5 Å². The van der Waals surface area contributed by atoms with E-state index >= 15 is 0 Å². The Bertz CT molecular complexity index is 724. The van der Waals surface area contributed by atoms with Gasteiger partial charge >= 0.3 is 0 Å². The zero-order valence-electron chi connectivity index (χ0n) is 11.7. The van der Waals surface area contributed by atoms with Gasteiger partial charge in [0.25, 0.3) is 0 Å². The fraction of sp³-hybridized carbons (Fsp3) is 0.312. The van der Waals surface area contributed by atoms with E-state index in [1.807, 2.05) is 24.4 Å². The van der Waals surface area contributed by atoms with Crippen LogP contribution in [0.2, 0.25) is 0 Å². The predicted octanol–water partition coefficient (Wildman–Crippen LogP) is 2.74. The van der Waals surface area contributed by atoms with Gasteiger partial charge in [0.05, 0.1) is 5.52 Å². The van der Waals surface area contributed by atoms with Crippen LogP contribution < -0.4 is 4.90 Å². The van der Waals surface area contributed by atoms with E-state index < -0.39 is 0 Å². The number of anilines is 1. The van der Waals surface area contributed by atoms with Gasteiger partial charge in [-0.1, -0.05) is 12.1 Å².